The van der Waals surface area contributed by atoms with Crippen LogP contribution in [-0.4, -0.2) is 27.3 Å². The number of rotatable bonds is 4. The van der Waals surface area contributed by atoms with Crippen LogP contribution in [0.5, 0.6) is 0 Å². The second-order valence-corrected chi connectivity index (χ2v) is 5.27. The van der Waals surface area contributed by atoms with E-state index in [2.05, 4.69) is 16.7 Å². The molecule has 0 atom stereocenters. The molecule has 1 heterocycles. The fourth-order valence-corrected chi connectivity index (χ4v) is 2.71. The normalized spacial score (nSPS) is 19.0. The maximum Gasteiger partial charge on any atom is 0.0726 e. The van der Waals surface area contributed by atoms with Crippen molar-refractivity contribution in [3.8, 4) is 0 Å². The zero-order chi connectivity index (χ0) is 10.0. The van der Waals surface area contributed by atoms with E-state index >= 15 is 0 Å². The van der Waals surface area contributed by atoms with Crippen LogP contribution in [0.4, 0.5) is 5.69 Å². The molecule has 3 nitrogen and oxygen atoms in total. The van der Waals surface area contributed by atoms with E-state index in [9.17, 15) is 0 Å². The van der Waals surface area contributed by atoms with Gasteiger partial charge in [-0.25, -0.2) is 0 Å². The van der Waals surface area contributed by atoms with Gasteiger partial charge in [-0.05, 0) is 19.1 Å². The predicted octanol–water partition coefficient (Wildman–Crippen LogP) is 2.12. The van der Waals surface area contributed by atoms with E-state index in [-0.39, 0.29) is 0 Å². The fraction of sp³-hybridized carbons (Fsp3) is 0.700. The number of nitrogens with one attached hydrogen (secondary N) is 1. The molecule has 0 amide bonds. The lowest BCUT2D eigenvalue weighted by Crippen LogP contribution is -2.40. The van der Waals surface area contributed by atoms with Gasteiger partial charge in [-0.3, -0.25) is 4.68 Å². The molecule has 4 heteroatoms. The zero-order valence-corrected chi connectivity index (χ0v) is 9.60. The van der Waals surface area contributed by atoms with Gasteiger partial charge in [0.1, 0.15) is 0 Å². The molecule has 78 valence electrons. The third kappa shape index (κ3) is 1.90. The molecule has 2 rings (SSSR count). The third-order valence-corrected chi connectivity index (χ3v) is 4.44. The number of nitrogens with zero attached hydrogens (tertiary/aromatic N) is 2. The Morgan fingerprint density at radius 2 is 2.43 bits per heavy atom. The molecule has 1 N–H and O–H groups in total. The van der Waals surface area contributed by atoms with Crippen LogP contribution in [0.3, 0.4) is 0 Å². The minimum Gasteiger partial charge on any atom is -0.381 e. The van der Waals surface area contributed by atoms with Crippen molar-refractivity contribution in [2.24, 2.45) is 7.05 Å². The van der Waals surface area contributed by atoms with Crippen LogP contribution in [0, 0.1) is 0 Å². The predicted molar refractivity (Wildman–Crippen MR) is 61.8 cm³/mol. The molecule has 1 aromatic rings. The Hall–Kier alpha value is -0.640. The van der Waals surface area contributed by atoms with Gasteiger partial charge < -0.3 is 5.32 Å². The molecule has 1 aromatic heterocycles. The topological polar surface area (TPSA) is 29.9 Å². The van der Waals surface area contributed by atoms with Gasteiger partial charge in [-0.2, -0.15) is 16.9 Å². The maximum absolute atomic E-state index is 4.13. The lowest BCUT2D eigenvalue weighted by Gasteiger charge is -2.40. The number of thioether (sulfide) groups is 1. The molecule has 0 aromatic carbocycles. The second-order valence-electron chi connectivity index (χ2n) is 4.00. The van der Waals surface area contributed by atoms with Gasteiger partial charge in [-0.15, -0.1) is 0 Å². The average Bonchev–Trinajstić information content (AvgIpc) is 2.50. The number of aryl methyl sites for hydroxylation is 1. The SMILES string of the molecule is CSC1(CNc2cnn(C)c2)CCC1. The number of hydrogen-bond acceptors (Lipinski definition) is 3. The molecule has 0 radical (unpaired) electrons. The molecule has 0 unspecified atom stereocenters. The highest BCUT2D eigenvalue weighted by Gasteiger charge is 2.35. The van der Waals surface area contributed by atoms with Crippen molar-refractivity contribution in [3.05, 3.63) is 12.4 Å². The Morgan fingerprint density at radius 1 is 1.64 bits per heavy atom. The van der Waals surface area contributed by atoms with Crippen LogP contribution >= 0.6 is 11.8 Å². The summed E-state index contributed by atoms with van der Waals surface area (Å²) in [6.45, 7) is 1.07. The smallest absolute Gasteiger partial charge is 0.0726 e. The zero-order valence-electron chi connectivity index (χ0n) is 8.79. The lowest BCUT2D eigenvalue weighted by atomic mass is 9.84. The van der Waals surface area contributed by atoms with E-state index in [0.29, 0.717) is 4.75 Å². The number of anilines is 1. The van der Waals surface area contributed by atoms with Crippen LogP contribution < -0.4 is 5.32 Å². The van der Waals surface area contributed by atoms with Crippen LogP contribution in [0.1, 0.15) is 19.3 Å². The Morgan fingerprint density at radius 3 is 2.86 bits per heavy atom. The molecular formula is C10H17N3S. The molecule has 0 aliphatic heterocycles. The van der Waals surface area contributed by atoms with Gasteiger partial charge in [0, 0.05) is 24.5 Å². The molecule has 1 saturated carbocycles. The van der Waals surface area contributed by atoms with Gasteiger partial charge in [0.15, 0.2) is 0 Å². The minimum absolute atomic E-state index is 0.496. The van der Waals surface area contributed by atoms with Crippen molar-refractivity contribution in [2.45, 2.75) is 24.0 Å². The molecule has 1 aliphatic rings. The van der Waals surface area contributed by atoms with Crippen molar-refractivity contribution < 1.29 is 0 Å². The van der Waals surface area contributed by atoms with Gasteiger partial charge in [-0.1, -0.05) is 6.42 Å². The minimum atomic E-state index is 0.496. The first-order valence-electron chi connectivity index (χ1n) is 5.02. The van der Waals surface area contributed by atoms with Crippen LogP contribution in [0.15, 0.2) is 12.4 Å². The summed E-state index contributed by atoms with van der Waals surface area (Å²) >= 11 is 2.00. The van der Waals surface area contributed by atoms with E-state index in [1.165, 1.54) is 19.3 Å². The molecular weight excluding hydrogens is 194 g/mol. The second kappa shape index (κ2) is 3.85. The highest BCUT2D eigenvalue weighted by molar-refractivity contribution is 8.00. The van der Waals surface area contributed by atoms with E-state index < -0.39 is 0 Å². The standard InChI is InChI=1S/C10H17N3S/c1-13-7-9(6-12-13)11-8-10(14-2)4-3-5-10/h6-7,11H,3-5,8H2,1-2H3. The van der Waals surface area contributed by atoms with E-state index in [4.69, 9.17) is 0 Å². The molecule has 1 fully saturated rings. The van der Waals surface area contributed by atoms with E-state index in [0.717, 1.165) is 12.2 Å². The third-order valence-electron chi connectivity index (χ3n) is 3.02. The molecule has 0 saturated heterocycles. The number of aromatic nitrogens is 2. The molecule has 1 aliphatic carbocycles. The Kier molecular flexibility index (Phi) is 2.72. The van der Waals surface area contributed by atoms with Gasteiger partial charge in [0.25, 0.3) is 0 Å². The summed E-state index contributed by atoms with van der Waals surface area (Å²) in [5, 5.41) is 7.59. The largest absolute Gasteiger partial charge is 0.381 e. The highest BCUT2D eigenvalue weighted by Crippen LogP contribution is 2.42. The Bertz CT molecular complexity index is 299. The summed E-state index contributed by atoms with van der Waals surface area (Å²) in [7, 11) is 1.94. The quantitative estimate of drug-likeness (QED) is 0.827. The van der Waals surface area contributed by atoms with E-state index in [1.807, 2.05) is 35.9 Å². The van der Waals surface area contributed by atoms with Crippen molar-refractivity contribution in [2.75, 3.05) is 18.1 Å². The maximum atomic E-state index is 4.13. The molecule has 0 bridgehead atoms. The Balaban J connectivity index is 1.87. The van der Waals surface area contributed by atoms with E-state index in [1.54, 1.807) is 0 Å². The van der Waals surface area contributed by atoms with Gasteiger partial charge in [0.05, 0.1) is 11.9 Å². The van der Waals surface area contributed by atoms with Crippen LogP contribution in [0.2, 0.25) is 0 Å². The lowest BCUT2D eigenvalue weighted by molar-refractivity contribution is 0.380. The monoisotopic (exact) mass is 211 g/mol. The molecule has 0 spiro atoms. The number of hydrogen-bond donors (Lipinski definition) is 1. The highest BCUT2D eigenvalue weighted by atomic mass is 32.2. The first-order valence-corrected chi connectivity index (χ1v) is 6.24. The summed E-state index contributed by atoms with van der Waals surface area (Å²) < 4.78 is 2.32. The Labute approximate surface area is 89.3 Å². The van der Waals surface area contributed by atoms with Gasteiger partial charge in [0.2, 0.25) is 0 Å². The first kappa shape index (κ1) is 9.90. The summed E-state index contributed by atoms with van der Waals surface area (Å²) in [6, 6.07) is 0. The average molecular weight is 211 g/mol. The summed E-state index contributed by atoms with van der Waals surface area (Å²) in [6.07, 6.45) is 10.2. The van der Waals surface area contributed by atoms with Crippen molar-refractivity contribution in [1.82, 2.24) is 9.78 Å². The van der Waals surface area contributed by atoms with Crippen molar-refractivity contribution in [1.29, 1.82) is 0 Å². The van der Waals surface area contributed by atoms with Crippen molar-refractivity contribution in [3.63, 3.8) is 0 Å². The summed E-state index contributed by atoms with van der Waals surface area (Å²) in [4.78, 5) is 0. The van der Waals surface area contributed by atoms with Crippen LogP contribution in [-0.2, 0) is 7.05 Å². The summed E-state index contributed by atoms with van der Waals surface area (Å²) in [5.41, 5.74) is 1.13. The van der Waals surface area contributed by atoms with Crippen LogP contribution in [0.25, 0.3) is 0 Å². The first-order chi connectivity index (χ1) is 6.74. The van der Waals surface area contributed by atoms with Crippen molar-refractivity contribution >= 4 is 17.4 Å². The fourth-order valence-electron chi connectivity index (χ4n) is 1.80. The molecule has 14 heavy (non-hydrogen) atoms. The van der Waals surface area contributed by atoms with Gasteiger partial charge >= 0.3 is 0 Å². The summed E-state index contributed by atoms with van der Waals surface area (Å²) in [5.74, 6) is 0.